The maximum Gasteiger partial charge on any atom is 0.0887 e. The predicted octanol–water partition coefficient (Wildman–Crippen LogP) is 5.26. The first-order valence-corrected chi connectivity index (χ1v) is 8.06. The Kier molecular flexibility index (Phi) is 6.49. The van der Waals surface area contributed by atoms with Crippen LogP contribution < -0.4 is 5.32 Å². The molecule has 0 fully saturated rings. The molecule has 0 bridgehead atoms. The van der Waals surface area contributed by atoms with Gasteiger partial charge in [0.05, 0.1) is 8.81 Å². The quantitative estimate of drug-likeness (QED) is 0.697. The SMILES string of the molecule is CC(C)(C)NCCCCCc1cc(Cl)c(Br)s1. The Morgan fingerprint density at radius 3 is 2.53 bits per heavy atom. The Morgan fingerprint density at radius 2 is 2.00 bits per heavy atom. The summed E-state index contributed by atoms with van der Waals surface area (Å²) in [5, 5.41) is 4.35. The lowest BCUT2D eigenvalue weighted by atomic mass is 10.1. The standard InChI is InChI=1S/C13H21BrClNS/c1-13(2,3)16-8-6-4-5-7-10-9-11(15)12(14)17-10/h9,16H,4-8H2,1-3H3. The number of rotatable bonds is 6. The number of aryl methyl sites for hydroxylation is 1. The predicted molar refractivity (Wildman–Crippen MR) is 82.3 cm³/mol. The second-order valence-corrected chi connectivity index (χ2v) is 8.18. The topological polar surface area (TPSA) is 12.0 Å². The zero-order chi connectivity index (χ0) is 12.9. The third-order valence-electron chi connectivity index (χ3n) is 2.45. The molecule has 0 aliphatic rings. The fourth-order valence-corrected chi connectivity index (χ4v) is 3.44. The van der Waals surface area contributed by atoms with Crippen LogP contribution in [0.2, 0.25) is 5.02 Å². The second-order valence-electron chi connectivity index (χ2n) is 5.32. The van der Waals surface area contributed by atoms with Crippen LogP contribution in [-0.2, 0) is 6.42 Å². The van der Waals surface area contributed by atoms with Gasteiger partial charge < -0.3 is 5.32 Å². The summed E-state index contributed by atoms with van der Waals surface area (Å²) in [7, 11) is 0. The fourth-order valence-electron chi connectivity index (χ4n) is 1.58. The lowest BCUT2D eigenvalue weighted by Gasteiger charge is -2.20. The molecule has 0 saturated carbocycles. The Morgan fingerprint density at radius 1 is 1.29 bits per heavy atom. The van der Waals surface area contributed by atoms with Crippen molar-refractivity contribution in [2.24, 2.45) is 0 Å². The average molecular weight is 339 g/mol. The van der Waals surface area contributed by atoms with Crippen molar-refractivity contribution in [1.82, 2.24) is 5.32 Å². The highest BCUT2D eigenvalue weighted by molar-refractivity contribution is 9.11. The summed E-state index contributed by atoms with van der Waals surface area (Å²) in [6, 6.07) is 2.07. The molecule has 0 radical (unpaired) electrons. The zero-order valence-corrected chi connectivity index (χ0v) is 13.9. The van der Waals surface area contributed by atoms with Gasteiger partial charge in [-0.15, -0.1) is 11.3 Å². The van der Waals surface area contributed by atoms with Gasteiger partial charge in [-0.05, 0) is 68.6 Å². The summed E-state index contributed by atoms with van der Waals surface area (Å²) in [5.74, 6) is 0. The van der Waals surface area contributed by atoms with Gasteiger partial charge in [-0.1, -0.05) is 18.0 Å². The van der Waals surface area contributed by atoms with Crippen LogP contribution in [0.4, 0.5) is 0 Å². The summed E-state index contributed by atoms with van der Waals surface area (Å²) < 4.78 is 1.06. The Balaban J connectivity index is 2.09. The normalized spacial score (nSPS) is 12.1. The molecule has 0 saturated heterocycles. The average Bonchev–Trinajstić information content (AvgIpc) is 2.50. The lowest BCUT2D eigenvalue weighted by molar-refractivity contribution is 0.417. The summed E-state index contributed by atoms with van der Waals surface area (Å²) in [5.41, 5.74) is 0.242. The first-order chi connectivity index (χ1) is 7.88. The van der Waals surface area contributed by atoms with E-state index in [9.17, 15) is 0 Å². The van der Waals surface area contributed by atoms with Crippen LogP contribution in [0.15, 0.2) is 9.85 Å². The van der Waals surface area contributed by atoms with Crippen molar-refractivity contribution in [3.8, 4) is 0 Å². The second kappa shape index (κ2) is 7.13. The minimum atomic E-state index is 0.242. The molecule has 1 rings (SSSR count). The molecule has 0 unspecified atom stereocenters. The van der Waals surface area contributed by atoms with Crippen molar-refractivity contribution in [2.75, 3.05) is 6.54 Å². The number of unbranched alkanes of at least 4 members (excludes halogenated alkanes) is 2. The maximum absolute atomic E-state index is 6.00. The molecule has 0 aliphatic heterocycles. The molecular formula is C13H21BrClNS. The van der Waals surface area contributed by atoms with Crippen molar-refractivity contribution in [2.45, 2.75) is 52.0 Å². The Hall–Kier alpha value is 0.430. The monoisotopic (exact) mass is 337 g/mol. The van der Waals surface area contributed by atoms with Crippen molar-refractivity contribution in [3.05, 3.63) is 19.8 Å². The van der Waals surface area contributed by atoms with Crippen LogP contribution in [0.3, 0.4) is 0 Å². The minimum Gasteiger partial charge on any atom is -0.312 e. The van der Waals surface area contributed by atoms with E-state index in [0.29, 0.717) is 0 Å². The summed E-state index contributed by atoms with van der Waals surface area (Å²) in [6.07, 6.45) is 4.91. The summed E-state index contributed by atoms with van der Waals surface area (Å²) in [4.78, 5) is 1.38. The van der Waals surface area contributed by atoms with E-state index >= 15 is 0 Å². The van der Waals surface area contributed by atoms with Crippen LogP contribution in [0, 0.1) is 0 Å². The molecule has 17 heavy (non-hydrogen) atoms. The molecule has 0 aromatic carbocycles. The molecule has 1 nitrogen and oxygen atoms in total. The molecule has 4 heteroatoms. The molecule has 0 atom stereocenters. The van der Waals surface area contributed by atoms with E-state index in [0.717, 1.165) is 21.8 Å². The molecule has 1 heterocycles. The van der Waals surface area contributed by atoms with E-state index in [1.807, 2.05) is 0 Å². The van der Waals surface area contributed by atoms with E-state index in [2.05, 4.69) is 48.1 Å². The highest BCUT2D eigenvalue weighted by atomic mass is 79.9. The van der Waals surface area contributed by atoms with Crippen LogP contribution in [0.5, 0.6) is 0 Å². The third-order valence-corrected chi connectivity index (χ3v) is 4.99. The lowest BCUT2D eigenvalue weighted by Crippen LogP contribution is -2.36. The molecule has 0 amide bonds. The van der Waals surface area contributed by atoms with Crippen molar-refractivity contribution >= 4 is 38.9 Å². The van der Waals surface area contributed by atoms with Crippen LogP contribution >= 0.6 is 38.9 Å². The van der Waals surface area contributed by atoms with Gasteiger partial charge >= 0.3 is 0 Å². The van der Waals surface area contributed by atoms with Gasteiger partial charge in [-0.2, -0.15) is 0 Å². The minimum absolute atomic E-state index is 0.242. The summed E-state index contributed by atoms with van der Waals surface area (Å²) >= 11 is 11.2. The third kappa shape index (κ3) is 6.80. The number of thiophene rings is 1. The zero-order valence-electron chi connectivity index (χ0n) is 10.8. The van der Waals surface area contributed by atoms with Crippen molar-refractivity contribution in [3.63, 3.8) is 0 Å². The van der Waals surface area contributed by atoms with E-state index in [1.165, 1.54) is 24.1 Å². The van der Waals surface area contributed by atoms with Crippen LogP contribution in [0.1, 0.15) is 44.9 Å². The molecule has 1 N–H and O–H groups in total. The molecule has 0 aliphatic carbocycles. The maximum atomic E-state index is 6.00. The van der Waals surface area contributed by atoms with Crippen molar-refractivity contribution < 1.29 is 0 Å². The fraction of sp³-hybridized carbons (Fsp3) is 0.692. The smallest absolute Gasteiger partial charge is 0.0887 e. The molecule has 98 valence electrons. The van der Waals surface area contributed by atoms with Gasteiger partial charge in [-0.25, -0.2) is 0 Å². The number of hydrogen-bond acceptors (Lipinski definition) is 2. The number of nitrogens with one attached hydrogen (secondary N) is 1. The van der Waals surface area contributed by atoms with Gasteiger partial charge in [0.25, 0.3) is 0 Å². The first-order valence-electron chi connectivity index (χ1n) is 6.07. The van der Waals surface area contributed by atoms with E-state index in [1.54, 1.807) is 11.3 Å². The van der Waals surface area contributed by atoms with Gasteiger partial charge in [0.1, 0.15) is 0 Å². The highest BCUT2D eigenvalue weighted by Gasteiger charge is 2.07. The van der Waals surface area contributed by atoms with Gasteiger partial charge in [0.2, 0.25) is 0 Å². The summed E-state index contributed by atoms with van der Waals surface area (Å²) in [6.45, 7) is 7.73. The van der Waals surface area contributed by atoms with Gasteiger partial charge in [-0.3, -0.25) is 0 Å². The van der Waals surface area contributed by atoms with E-state index in [4.69, 9.17) is 11.6 Å². The van der Waals surface area contributed by atoms with Gasteiger partial charge in [0, 0.05) is 10.4 Å². The Bertz CT molecular complexity index is 324. The molecular weight excluding hydrogens is 318 g/mol. The van der Waals surface area contributed by atoms with Gasteiger partial charge in [0.15, 0.2) is 0 Å². The number of hydrogen-bond donors (Lipinski definition) is 1. The number of halogens is 2. The largest absolute Gasteiger partial charge is 0.312 e. The van der Waals surface area contributed by atoms with Crippen LogP contribution in [0.25, 0.3) is 0 Å². The van der Waals surface area contributed by atoms with E-state index < -0.39 is 0 Å². The first kappa shape index (κ1) is 15.5. The van der Waals surface area contributed by atoms with Crippen molar-refractivity contribution in [1.29, 1.82) is 0 Å². The Labute approximate surface area is 122 Å². The molecule has 1 aromatic rings. The van der Waals surface area contributed by atoms with Crippen LogP contribution in [-0.4, -0.2) is 12.1 Å². The van der Waals surface area contributed by atoms with E-state index in [-0.39, 0.29) is 5.54 Å². The molecule has 1 aromatic heterocycles. The highest BCUT2D eigenvalue weighted by Crippen LogP contribution is 2.32. The molecule has 0 spiro atoms.